The number of carbonyl (C=O) groups excluding carboxylic acids is 1. The maximum Gasteiger partial charge on any atom is 0.319 e. The van der Waals surface area contributed by atoms with Gasteiger partial charge >= 0.3 is 6.03 Å². The maximum atomic E-state index is 12.8. The van der Waals surface area contributed by atoms with Gasteiger partial charge < -0.3 is 34.5 Å². The predicted molar refractivity (Wildman–Crippen MR) is 205 cm³/mol. The van der Waals surface area contributed by atoms with Crippen molar-refractivity contribution in [1.82, 2.24) is 20.1 Å². The molecule has 0 bridgehead atoms. The normalized spacial score (nSPS) is 18.3. The second kappa shape index (κ2) is 16.9. The number of carbonyl (C=O) groups is 1. The molecule has 7 rings (SSSR count). The number of urea groups is 1. The summed E-state index contributed by atoms with van der Waals surface area (Å²) in [5.41, 5.74) is 6.43. The summed E-state index contributed by atoms with van der Waals surface area (Å²) in [7, 11) is 1.93. The lowest BCUT2D eigenvalue weighted by Gasteiger charge is -2.41. The fraction of sp³-hybridized carbons (Fsp3) is 0.214. The van der Waals surface area contributed by atoms with E-state index in [4.69, 9.17) is 14.2 Å². The summed E-state index contributed by atoms with van der Waals surface area (Å²) in [4.78, 5) is 12.8. The van der Waals surface area contributed by atoms with E-state index in [9.17, 15) is 9.90 Å². The van der Waals surface area contributed by atoms with Gasteiger partial charge in [0.15, 0.2) is 11.4 Å². The van der Waals surface area contributed by atoms with Crippen molar-refractivity contribution in [2.45, 2.75) is 43.7 Å². The molecule has 0 spiro atoms. The summed E-state index contributed by atoms with van der Waals surface area (Å²) in [6.45, 7) is 2.49. The number of aliphatic hydroxyl groups excluding tert-OH is 1. The highest BCUT2D eigenvalue weighted by Gasteiger charge is 2.38. The Morgan fingerprint density at radius 1 is 0.830 bits per heavy atom. The molecule has 1 saturated heterocycles. The molecule has 2 amide bonds. The number of anilines is 1. The van der Waals surface area contributed by atoms with Crippen LogP contribution in [0.25, 0.3) is 11.1 Å². The van der Waals surface area contributed by atoms with Gasteiger partial charge in [0.05, 0.1) is 18.8 Å². The zero-order valence-electron chi connectivity index (χ0n) is 29.5. The monoisotopic (exact) mass is 727 g/mol. The van der Waals surface area contributed by atoms with Gasteiger partial charge in [-0.1, -0.05) is 97.5 Å². The Labute approximate surface area is 313 Å². The minimum absolute atomic E-state index is 0.0121. The van der Waals surface area contributed by atoms with Crippen LogP contribution in [-0.2, 0) is 29.7 Å². The van der Waals surface area contributed by atoms with Crippen molar-refractivity contribution in [3.05, 3.63) is 156 Å². The number of para-hydroxylation sites is 1. The van der Waals surface area contributed by atoms with Crippen molar-refractivity contribution in [2.75, 3.05) is 11.1 Å². The van der Waals surface area contributed by atoms with Crippen LogP contribution in [0, 0.1) is 5.92 Å². The zero-order valence-corrected chi connectivity index (χ0v) is 30.3. The van der Waals surface area contributed by atoms with Gasteiger partial charge in [0.1, 0.15) is 17.8 Å². The lowest BCUT2D eigenvalue weighted by Crippen LogP contribution is -2.38. The minimum atomic E-state index is -0.605. The van der Waals surface area contributed by atoms with Crippen molar-refractivity contribution < 1.29 is 24.1 Å². The number of rotatable bonds is 12. The maximum absolute atomic E-state index is 12.8. The van der Waals surface area contributed by atoms with E-state index < -0.39 is 6.29 Å². The Balaban J connectivity index is 1.02. The molecule has 270 valence electrons. The zero-order chi connectivity index (χ0) is 36.6. The summed E-state index contributed by atoms with van der Waals surface area (Å²) in [5.74, 6) is 2.16. The Morgan fingerprint density at radius 3 is 2.30 bits per heavy atom. The summed E-state index contributed by atoms with van der Waals surface area (Å²) < 4.78 is 21.1. The molecule has 5 aromatic carbocycles. The van der Waals surface area contributed by atoms with Gasteiger partial charge in [0.25, 0.3) is 0 Å². The topological polar surface area (TPSA) is 120 Å². The second-order valence-corrected chi connectivity index (χ2v) is 13.9. The van der Waals surface area contributed by atoms with Crippen molar-refractivity contribution >= 4 is 23.5 Å². The molecular formula is C42H41N5O5S. The minimum Gasteiger partial charge on any atom is -0.457 e. The molecular weight excluding hydrogens is 687 g/mol. The van der Waals surface area contributed by atoms with Crippen molar-refractivity contribution in [3.8, 4) is 22.6 Å². The first-order chi connectivity index (χ1) is 25.9. The third-order valence-corrected chi connectivity index (χ3v) is 10.3. The van der Waals surface area contributed by atoms with Crippen LogP contribution in [0.2, 0.25) is 0 Å². The molecule has 1 aliphatic heterocycles. The fourth-order valence-corrected chi connectivity index (χ4v) is 7.24. The number of amides is 2. The Bertz CT molecular complexity index is 2110. The van der Waals surface area contributed by atoms with Crippen LogP contribution < -0.4 is 15.4 Å². The summed E-state index contributed by atoms with van der Waals surface area (Å²) in [6.07, 6.45) is 0.727. The number of benzene rings is 5. The third kappa shape index (κ3) is 9.13. The number of thioether (sulfide) groups is 1. The molecule has 11 heteroatoms. The fourth-order valence-electron chi connectivity index (χ4n) is 6.18. The SMILES string of the molecule is C[C@@H]1[C@H](CSc2nncn2C)O[C@H](c2cccc(-c3cccc(CNC(=O)Nc4ccc(Oc5ccccc5)cc4)c3)c2)O[C@@H]1c1ccc(CO)cc1. The van der Waals surface area contributed by atoms with Crippen LogP contribution in [0.15, 0.2) is 139 Å². The average molecular weight is 728 g/mol. The Morgan fingerprint density at radius 2 is 1.57 bits per heavy atom. The Hall–Kier alpha value is -5.46. The molecule has 2 heterocycles. The van der Waals surface area contributed by atoms with Gasteiger partial charge in [-0.2, -0.15) is 0 Å². The molecule has 1 aliphatic rings. The lowest BCUT2D eigenvalue weighted by atomic mass is 9.91. The first kappa shape index (κ1) is 35.9. The Kier molecular flexibility index (Phi) is 11.5. The third-order valence-electron chi connectivity index (χ3n) is 9.13. The van der Waals surface area contributed by atoms with Gasteiger partial charge in [-0.3, -0.25) is 0 Å². The van der Waals surface area contributed by atoms with Gasteiger partial charge in [-0.05, 0) is 76.3 Å². The molecule has 6 aromatic rings. The number of nitrogens with zero attached hydrogens (tertiary/aromatic N) is 3. The molecule has 3 N–H and O–H groups in total. The molecule has 0 unspecified atom stereocenters. The van der Waals surface area contributed by atoms with Crippen molar-refractivity contribution in [2.24, 2.45) is 13.0 Å². The number of hydrogen-bond donors (Lipinski definition) is 3. The largest absolute Gasteiger partial charge is 0.457 e. The van der Waals surface area contributed by atoms with Gasteiger partial charge in [0.2, 0.25) is 0 Å². The summed E-state index contributed by atoms with van der Waals surface area (Å²) in [6, 6.07) is 40.7. The van der Waals surface area contributed by atoms with E-state index in [1.54, 1.807) is 30.2 Å². The average Bonchev–Trinajstić information content (AvgIpc) is 3.62. The number of nitrogens with one attached hydrogen (secondary N) is 2. The molecule has 10 nitrogen and oxygen atoms in total. The predicted octanol–water partition coefficient (Wildman–Crippen LogP) is 8.67. The van der Waals surface area contributed by atoms with Gasteiger partial charge in [0, 0.05) is 36.5 Å². The summed E-state index contributed by atoms with van der Waals surface area (Å²) in [5, 5.41) is 24.5. The van der Waals surface area contributed by atoms with Crippen LogP contribution in [-0.4, -0.2) is 37.8 Å². The summed E-state index contributed by atoms with van der Waals surface area (Å²) >= 11 is 1.61. The van der Waals surface area contributed by atoms with E-state index in [1.807, 2.05) is 103 Å². The highest BCUT2D eigenvalue weighted by molar-refractivity contribution is 7.99. The second-order valence-electron chi connectivity index (χ2n) is 12.9. The van der Waals surface area contributed by atoms with E-state index in [-0.39, 0.29) is 30.8 Å². The molecule has 53 heavy (non-hydrogen) atoms. The van der Waals surface area contributed by atoms with Crippen LogP contribution in [0.5, 0.6) is 11.5 Å². The van der Waals surface area contributed by atoms with Gasteiger partial charge in [-0.15, -0.1) is 10.2 Å². The number of aliphatic hydroxyl groups is 1. The van der Waals surface area contributed by atoms with Crippen LogP contribution in [0.4, 0.5) is 10.5 Å². The van der Waals surface area contributed by atoms with Crippen LogP contribution in [0.1, 0.15) is 41.6 Å². The highest BCUT2D eigenvalue weighted by Crippen LogP contribution is 2.43. The first-order valence-electron chi connectivity index (χ1n) is 17.5. The van der Waals surface area contributed by atoms with E-state index in [1.165, 1.54) is 0 Å². The van der Waals surface area contributed by atoms with Crippen molar-refractivity contribution in [1.29, 1.82) is 0 Å². The highest BCUT2D eigenvalue weighted by atomic mass is 32.2. The lowest BCUT2D eigenvalue weighted by molar-refractivity contribution is -0.268. The molecule has 1 aromatic heterocycles. The standard InChI is InChI=1S/C42H41N5O5S/c1-28-38(26-53-42-46-44-27-47(42)2)51-40(52-39(28)31-16-14-29(25-48)15-17-31)34-11-7-10-33(23-34)32-9-6-8-30(22-32)24-43-41(49)45-35-18-20-37(21-19-35)50-36-12-4-3-5-13-36/h3-23,27-28,38-40,48H,24-26H2,1-2H3,(H2,43,45,49)/t28-,38+,39+,40+/m1/s1. The van der Waals surface area contributed by atoms with E-state index >= 15 is 0 Å². The molecule has 4 atom stereocenters. The number of ether oxygens (including phenoxy) is 3. The molecule has 1 fully saturated rings. The van der Waals surface area contributed by atoms with Crippen LogP contribution >= 0.6 is 11.8 Å². The van der Waals surface area contributed by atoms with Crippen molar-refractivity contribution in [3.63, 3.8) is 0 Å². The van der Waals surface area contributed by atoms with Gasteiger partial charge in [-0.25, -0.2) is 4.79 Å². The number of aromatic nitrogens is 3. The molecule has 0 radical (unpaired) electrons. The first-order valence-corrected chi connectivity index (χ1v) is 18.4. The number of aryl methyl sites for hydroxylation is 1. The van der Waals surface area contributed by atoms with Crippen LogP contribution in [0.3, 0.4) is 0 Å². The van der Waals surface area contributed by atoms with E-state index in [0.717, 1.165) is 44.3 Å². The number of hydrogen-bond acceptors (Lipinski definition) is 8. The quantitative estimate of drug-likeness (QED) is 0.107. The molecule has 0 saturated carbocycles. The smallest absolute Gasteiger partial charge is 0.319 e. The van der Waals surface area contributed by atoms with E-state index in [0.29, 0.717) is 23.7 Å². The van der Waals surface area contributed by atoms with E-state index in [2.05, 4.69) is 52.0 Å². The molecule has 0 aliphatic carbocycles.